The van der Waals surface area contributed by atoms with Crippen molar-refractivity contribution in [2.24, 2.45) is 0 Å². The highest BCUT2D eigenvalue weighted by Crippen LogP contribution is 2.32. The molecule has 0 aliphatic heterocycles. The van der Waals surface area contributed by atoms with E-state index in [2.05, 4.69) is 29.2 Å². The van der Waals surface area contributed by atoms with E-state index in [1.807, 2.05) is 49.5 Å². The number of hydrogen-bond donors (Lipinski definition) is 1. The zero-order valence-electron chi connectivity index (χ0n) is 10.9. The van der Waals surface area contributed by atoms with Crippen molar-refractivity contribution in [3.8, 4) is 0 Å². The Bertz CT molecular complexity index is 591. The first-order valence-electron chi connectivity index (χ1n) is 6.50. The van der Waals surface area contributed by atoms with E-state index in [4.69, 9.17) is 0 Å². The van der Waals surface area contributed by atoms with E-state index in [9.17, 15) is 5.11 Å². The minimum absolute atomic E-state index is 0.0303. The number of anilines is 1. The van der Waals surface area contributed by atoms with Gasteiger partial charge < -0.3 is 10.0 Å². The lowest BCUT2D eigenvalue weighted by Gasteiger charge is -2.34. The first-order chi connectivity index (χ1) is 9.27. The molecule has 2 aromatic carbocycles. The van der Waals surface area contributed by atoms with Crippen LogP contribution in [0.1, 0.15) is 17.2 Å². The summed E-state index contributed by atoms with van der Waals surface area (Å²) in [6.45, 7) is 0. The molecule has 19 heavy (non-hydrogen) atoms. The fourth-order valence-electron chi connectivity index (χ4n) is 2.60. The Hall–Kier alpha value is -2.06. The zero-order chi connectivity index (χ0) is 13.2. The van der Waals surface area contributed by atoms with E-state index in [1.165, 1.54) is 0 Å². The molecule has 0 heterocycles. The topological polar surface area (TPSA) is 23.5 Å². The maximum absolute atomic E-state index is 10.6. The van der Waals surface area contributed by atoms with Crippen molar-refractivity contribution in [3.63, 3.8) is 0 Å². The van der Waals surface area contributed by atoms with Crippen LogP contribution >= 0.6 is 0 Å². The summed E-state index contributed by atoms with van der Waals surface area (Å²) in [6, 6.07) is 18.1. The summed E-state index contributed by atoms with van der Waals surface area (Å²) < 4.78 is 0. The van der Waals surface area contributed by atoms with Crippen LogP contribution in [0, 0.1) is 0 Å². The van der Waals surface area contributed by atoms with Gasteiger partial charge >= 0.3 is 0 Å². The Balaban J connectivity index is 1.92. The summed E-state index contributed by atoms with van der Waals surface area (Å²) in [4.78, 5) is 2.11. The molecule has 2 heteroatoms. The van der Waals surface area contributed by atoms with Gasteiger partial charge in [-0.2, -0.15) is 0 Å². The second kappa shape index (κ2) is 4.90. The van der Waals surface area contributed by atoms with Crippen LogP contribution in [0.2, 0.25) is 0 Å². The van der Waals surface area contributed by atoms with Gasteiger partial charge in [-0.25, -0.2) is 0 Å². The van der Waals surface area contributed by atoms with E-state index < -0.39 is 6.10 Å². The van der Waals surface area contributed by atoms with E-state index in [0.29, 0.717) is 0 Å². The molecule has 0 bridgehead atoms. The van der Waals surface area contributed by atoms with Crippen LogP contribution in [0.5, 0.6) is 0 Å². The third-order valence-corrected chi connectivity index (χ3v) is 3.72. The highest BCUT2D eigenvalue weighted by molar-refractivity contribution is 5.61. The van der Waals surface area contributed by atoms with Gasteiger partial charge in [0.2, 0.25) is 0 Å². The smallest absolute Gasteiger partial charge is 0.103 e. The molecule has 3 rings (SSSR count). The average molecular weight is 251 g/mol. The van der Waals surface area contributed by atoms with Gasteiger partial charge in [0.1, 0.15) is 6.10 Å². The summed E-state index contributed by atoms with van der Waals surface area (Å²) in [5.74, 6) is 0. The first kappa shape index (κ1) is 12.0. The molecule has 0 fully saturated rings. The van der Waals surface area contributed by atoms with E-state index in [0.717, 1.165) is 16.8 Å². The molecule has 0 aromatic heterocycles. The van der Waals surface area contributed by atoms with Crippen LogP contribution in [-0.2, 0) is 0 Å². The molecule has 0 amide bonds. The van der Waals surface area contributed by atoms with Crippen molar-refractivity contribution < 1.29 is 5.11 Å². The number of benzene rings is 2. The van der Waals surface area contributed by atoms with Crippen molar-refractivity contribution >= 4 is 11.8 Å². The highest BCUT2D eigenvalue weighted by Gasteiger charge is 2.27. The minimum Gasteiger partial charge on any atom is -0.386 e. The van der Waals surface area contributed by atoms with Crippen molar-refractivity contribution in [2.75, 3.05) is 11.9 Å². The monoisotopic (exact) mass is 251 g/mol. The standard InChI is InChI=1S/C17H17NO/c1-18(14-8-3-2-4-9-14)16-12-11-13-7-5-6-10-15(13)17(16)19/h2-12,16-17,19H,1H3/t16?,17-/m1/s1. The second-order valence-corrected chi connectivity index (χ2v) is 4.87. The number of hydrogen-bond acceptors (Lipinski definition) is 2. The predicted molar refractivity (Wildman–Crippen MR) is 79.1 cm³/mol. The van der Waals surface area contributed by atoms with Gasteiger partial charge in [0.05, 0.1) is 6.04 Å². The van der Waals surface area contributed by atoms with Crippen LogP contribution in [0.3, 0.4) is 0 Å². The number of rotatable bonds is 2. The minimum atomic E-state index is -0.494. The van der Waals surface area contributed by atoms with Gasteiger partial charge in [-0.05, 0) is 23.3 Å². The van der Waals surface area contributed by atoms with Gasteiger partial charge in [0.15, 0.2) is 0 Å². The van der Waals surface area contributed by atoms with Crippen LogP contribution in [0.4, 0.5) is 5.69 Å². The first-order valence-corrected chi connectivity index (χ1v) is 6.50. The SMILES string of the molecule is CN(c1ccccc1)C1C=Cc2ccccc2[C@H]1O. The summed E-state index contributed by atoms with van der Waals surface area (Å²) >= 11 is 0. The summed E-state index contributed by atoms with van der Waals surface area (Å²) in [5.41, 5.74) is 3.21. The van der Waals surface area contributed by atoms with Crippen molar-refractivity contribution in [1.82, 2.24) is 0 Å². The molecular formula is C17H17NO. The van der Waals surface area contributed by atoms with Gasteiger partial charge in [-0.3, -0.25) is 0 Å². The Morgan fingerprint density at radius 2 is 1.63 bits per heavy atom. The van der Waals surface area contributed by atoms with E-state index in [-0.39, 0.29) is 6.04 Å². The Morgan fingerprint density at radius 3 is 2.42 bits per heavy atom. The molecular weight excluding hydrogens is 234 g/mol. The molecule has 1 aliphatic carbocycles. The fourth-order valence-corrected chi connectivity index (χ4v) is 2.60. The van der Waals surface area contributed by atoms with E-state index >= 15 is 0 Å². The number of para-hydroxylation sites is 1. The molecule has 1 aliphatic rings. The molecule has 1 unspecified atom stereocenters. The molecule has 2 aromatic rings. The second-order valence-electron chi connectivity index (χ2n) is 4.87. The Morgan fingerprint density at radius 1 is 0.947 bits per heavy atom. The maximum atomic E-state index is 10.6. The summed E-state index contributed by atoms with van der Waals surface area (Å²) in [5, 5.41) is 10.6. The Kier molecular flexibility index (Phi) is 3.10. The quantitative estimate of drug-likeness (QED) is 0.885. The number of fused-ring (bicyclic) bond motifs is 1. The number of nitrogens with zero attached hydrogens (tertiary/aromatic N) is 1. The number of likely N-dealkylation sites (N-methyl/N-ethyl adjacent to an activating group) is 1. The lowest BCUT2D eigenvalue weighted by Crippen LogP contribution is -2.36. The van der Waals surface area contributed by atoms with E-state index in [1.54, 1.807) is 0 Å². The molecule has 0 saturated heterocycles. The molecule has 2 atom stereocenters. The van der Waals surface area contributed by atoms with Gasteiger partial charge in [0.25, 0.3) is 0 Å². The van der Waals surface area contributed by atoms with Crippen molar-refractivity contribution in [3.05, 3.63) is 71.8 Å². The molecule has 0 saturated carbocycles. The normalized spacial score (nSPS) is 20.9. The average Bonchev–Trinajstić information content (AvgIpc) is 2.48. The third kappa shape index (κ3) is 2.15. The van der Waals surface area contributed by atoms with Crippen LogP contribution in [-0.4, -0.2) is 18.2 Å². The van der Waals surface area contributed by atoms with Gasteiger partial charge in [-0.15, -0.1) is 0 Å². The molecule has 1 N–H and O–H groups in total. The van der Waals surface area contributed by atoms with Crippen molar-refractivity contribution in [2.45, 2.75) is 12.1 Å². The number of aliphatic hydroxyl groups excluding tert-OH is 1. The van der Waals surface area contributed by atoms with Crippen LogP contribution in [0.15, 0.2) is 60.7 Å². The number of aliphatic hydroxyl groups is 1. The molecule has 96 valence electrons. The maximum Gasteiger partial charge on any atom is 0.103 e. The highest BCUT2D eigenvalue weighted by atomic mass is 16.3. The largest absolute Gasteiger partial charge is 0.386 e. The Labute approximate surface area is 113 Å². The van der Waals surface area contributed by atoms with Gasteiger partial charge in [-0.1, -0.05) is 54.6 Å². The van der Waals surface area contributed by atoms with Crippen LogP contribution < -0.4 is 4.90 Å². The summed E-state index contributed by atoms with van der Waals surface area (Å²) in [7, 11) is 2.02. The van der Waals surface area contributed by atoms with Crippen LogP contribution in [0.25, 0.3) is 6.08 Å². The van der Waals surface area contributed by atoms with Crippen molar-refractivity contribution in [1.29, 1.82) is 0 Å². The molecule has 0 radical (unpaired) electrons. The predicted octanol–water partition coefficient (Wildman–Crippen LogP) is 3.25. The summed E-state index contributed by atoms with van der Waals surface area (Å²) in [6.07, 6.45) is 3.66. The van der Waals surface area contributed by atoms with Gasteiger partial charge in [0, 0.05) is 12.7 Å². The fraction of sp³-hybridized carbons (Fsp3) is 0.176. The third-order valence-electron chi connectivity index (χ3n) is 3.72. The lowest BCUT2D eigenvalue weighted by molar-refractivity contribution is 0.159. The molecule has 0 spiro atoms. The molecule has 2 nitrogen and oxygen atoms in total. The zero-order valence-corrected chi connectivity index (χ0v) is 10.9. The lowest BCUT2D eigenvalue weighted by atomic mass is 9.90.